The van der Waals surface area contributed by atoms with E-state index in [1.165, 1.54) is 16.7 Å². The zero-order valence-electron chi connectivity index (χ0n) is 18.5. The molecule has 0 spiro atoms. The van der Waals surface area contributed by atoms with Crippen molar-refractivity contribution in [3.8, 4) is 45.2 Å². The minimum atomic E-state index is 0.777. The number of rotatable bonds is 4. The van der Waals surface area contributed by atoms with Crippen LogP contribution in [0.3, 0.4) is 0 Å². The number of hydrogen-bond donors (Lipinski definition) is 0. The lowest BCUT2D eigenvalue weighted by Gasteiger charge is -2.10. The summed E-state index contributed by atoms with van der Waals surface area (Å²) in [5, 5.41) is 9.18. The fourth-order valence-corrected chi connectivity index (χ4v) is 3.73. The third-order valence-electron chi connectivity index (χ3n) is 5.67. The molecule has 156 valence electrons. The molecule has 0 aliphatic carbocycles. The average Bonchev–Trinajstić information content (AvgIpc) is 3.30. The molecule has 32 heavy (non-hydrogen) atoms. The molecule has 0 aliphatic rings. The van der Waals surface area contributed by atoms with Crippen molar-refractivity contribution in [2.75, 3.05) is 0 Å². The Morgan fingerprint density at radius 3 is 1.59 bits per heavy atom. The van der Waals surface area contributed by atoms with E-state index in [1.54, 1.807) is 0 Å². The Balaban J connectivity index is 1.64. The Morgan fingerprint density at radius 1 is 0.500 bits per heavy atom. The van der Waals surface area contributed by atoms with Crippen LogP contribution in [0.2, 0.25) is 0 Å². The summed E-state index contributed by atoms with van der Waals surface area (Å²) in [5.41, 5.74) is 9.31. The van der Waals surface area contributed by atoms with E-state index in [4.69, 9.17) is 4.42 Å². The molecule has 0 N–H and O–H groups in total. The number of benzene rings is 3. The Morgan fingerprint density at radius 2 is 1.00 bits per heavy atom. The van der Waals surface area contributed by atoms with Gasteiger partial charge in [-0.1, -0.05) is 89.5 Å². The molecule has 0 aliphatic heterocycles. The van der Waals surface area contributed by atoms with Gasteiger partial charge in [0, 0.05) is 22.3 Å². The van der Waals surface area contributed by atoms with Crippen LogP contribution in [0.25, 0.3) is 45.2 Å². The highest BCUT2D eigenvalue weighted by atomic mass is 16.3. The monoisotopic (exact) mass is 416 g/mol. The summed E-state index contributed by atoms with van der Waals surface area (Å²) >= 11 is 0. The Hall–Kier alpha value is -3.98. The van der Waals surface area contributed by atoms with Crippen LogP contribution in [0.5, 0.6) is 0 Å². The summed E-state index contributed by atoms with van der Waals surface area (Å²) in [7, 11) is 0. The van der Waals surface area contributed by atoms with Crippen LogP contribution in [-0.2, 0) is 0 Å². The molecule has 3 nitrogen and oxygen atoms in total. The molecule has 0 unspecified atom stereocenters. The lowest BCUT2D eigenvalue weighted by Crippen LogP contribution is -1.95. The summed E-state index contributed by atoms with van der Waals surface area (Å²) in [6, 6.07) is 31.2. The molecule has 0 fully saturated rings. The van der Waals surface area contributed by atoms with Crippen molar-refractivity contribution in [3.63, 3.8) is 0 Å². The van der Waals surface area contributed by atoms with Gasteiger partial charge in [-0.05, 0) is 39.0 Å². The zero-order valence-corrected chi connectivity index (χ0v) is 18.5. The molecular formula is C29H24N2O. The topological polar surface area (TPSA) is 38.9 Å². The molecule has 0 saturated heterocycles. The van der Waals surface area contributed by atoms with Gasteiger partial charge in [0.25, 0.3) is 0 Å². The van der Waals surface area contributed by atoms with E-state index < -0.39 is 0 Å². The fourth-order valence-electron chi connectivity index (χ4n) is 3.73. The van der Waals surface area contributed by atoms with E-state index >= 15 is 0 Å². The highest BCUT2D eigenvalue weighted by Crippen LogP contribution is 2.36. The number of aryl methyl sites for hydroxylation is 3. The van der Waals surface area contributed by atoms with Gasteiger partial charge in [0.15, 0.2) is 0 Å². The smallest absolute Gasteiger partial charge is 0.137 e. The van der Waals surface area contributed by atoms with Gasteiger partial charge in [0.1, 0.15) is 17.2 Å². The highest BCUT2D eigenvalue weighted by Gasteiger charge is 2.16. The van der Waals surface area contributed by atoms with Gasteiger partial charge in [-0.3, -0.25) is 0 Å². The Kier molecular flexibility index (Phi) is 5.16. The summed E-state index contributed by atoms with van der Waals surface area (Å²) < 4.78 is 6.32. The van der Waals surface area contributed by atoms with Crippen LogP contribution >= 0.6 is 0 Å². The van der Waals surface area contributed by atoms with Gasteiger partial charge < -0.3 is 4.42 Å². The van der Waals surface area contributed by atoms with Crippen molar-refractivity contribution in [3.05, 3.63) is 108 Å². The zero-order chi connectivity index (χ0) is 22.1. The maximum Gasteiger partial charge on any atom is 0.137 e. The second kappa shape index (κ2) is 8.27. The first-order valence-electron chi connectivity index (χ1n) is 10.8. The van der Waals surface area contributed by atoms with E-state index in [9.17, 15) is 0 Å². The molecule has 5 aromatic rings. The second-order valence-electron chi connectivity index (χ2n) is 8.25. The van der Waals surface area contributed by atoms with Crippen LogP contribution in [0.15, 0.2) is 95.4 Å². The summed E-state index contributed by atoms with van der Waals surface area (Å²) in [6.45, 7) is 6.24. The van der Waals surface area contributed by atoms with Crippen LogP contribution in [0.1, 0.15) is 16.7 Å². The fraction of sp³-hybridized carbons (Fsp3) is 0.103. The molecule has 0 saturated carbocycles. The molecule has 0 atom stereocenters. The van der Waals surface area contributed by atoms with Crippen molar-refractivity contribution in [2.24, 2.45) is 0 Å². The lowest BCUT2D eigenvalue weighted by atomic mass is 10.0. The van der Waals surface area contributed by atoms with E-state index in [0.29, 0.717) is 0 Å². The van der Waals surface area contributed by atoms with Gasteiger partial charge >= 0.3 is 0 Å². The minimum Gasteiger partial charge on any atom is -0.456 e. The molecule has 0 bridgehead atoms. The van der Waals surface area contributed by atoms with Crippen LogP contribution in [-0.4, -0.2) is 10.2 Å². The second-order valence-corrected chi connectivity index (χ2v) is 8.25. The lowest BCUT2D eigenvalue weighted by molar-refractivity contribution is 0.597. The number of aromatic nitrogens is 2. The molecular weight excluding hydrogens is 392 g/mol. The van der Waals surface area contributed by atoms with Gasteiger partial charge in [-0.2, -0.15) is 0 Å². The number of furan rings is 1. The van der Waals surface area contributed by atoms with Crippen molar-refractivity contribution in [1.29, 1.82) is 0 Å². The van der Waals surface area contributed by atoms with Gasteiger partial charge in [-0.15, -0.1) is 10.2 Å². The molecule has 2 aromatic heterocycles. The first kappa shape index (κ1) is 20.0. The summed E-state index contributed by atoms with van der Waals surface area (Å²) in [6.07, 6.45) is 0. The standard InChI is InChI=1S/C29H24N2O/c1-19-4-10-22(11-5-19)26-18-25(29(31-30-26)24-14-8-21(3)9-15-24)28-17-16-27(32-28)23-12-6-20(2)7-13-23/h4-18H,1-3H3. The first-order chi connectivity index (χ1) is 15.6. The van der Waals surface area contributed by atoms with E-state index in [-0.39, 0.29) is 0 Å². The molecule has 5 rings (SSSR count). The molecule has 0 radical (unpaired) electrons. The first-order valence-corrected chi connectivity index (χ1v) is 10.8. The quantitative estimate of drug-likeness (QED) is 0.302. The maximum absolute atomic E-state index is 6.32. The summed E-state index contributed by atoms with van der Waals surface area (Å²) in [5.74, 6) is 1.61. The van der Waals surface area contributed by atoms with Crippen molar-refractivity contribution < 1.29 is 4.42 Å². The van der Waals surface area contributed by atoms with Crippen molar-refractivity contribution in [1.82, 2.24) is 10.2 Å². The maximum atomic E-state index is 6.32. The SMILES string of the molecule is Cc1ccc(-c2cc(-c3ccc(-c4ccc(C)cc4)o3)c(-c3ccc(C)cc3)nn2)cc1. The van der Waals surface area contributed by atoms with Crippen molar-refractivity contribution >= 4 is 0 Å². The third kappa shape index (κ3) is 3.97. The van der Waals surface area contributed by atoms with Crippen molar-refractivity contribution in [2.45, 2.75) is 20.8 Å². The molecule has 3 heteroatoms. The van der Waals surface area contributed by atoms with Crippen LogP contribution in [0.4, 0.5) is 0 Å². The molecule has 3 aromatic carbocycles. The van der Waals surface area contributed by atoms with E-state index in [2.05, 4.69) is 110 Å². The largest absolute Gasteiger partial charge is 0.456 e. The van der Waals surface area contributed by atoms with Crippen LogP contribution < -0.4 is 0 Å². The van der Waals surface area contributed by atoms with Gasteiger partial charge in [0.2, 0.25) is 0 Å². The minimum absolute atomic E-state index is 0.777. The Labute approximate surface area is 188 Å². The molecule has 0 amide bonds. The Bertz CT molecular complexity index is 1360. The highest BCUT2D eigenvalue weighted by molar-refractivity contribution is 5.81. The predicted molar refractivity (Wildman–Crippen MR) is 130 cm³/mol. The summed E-state index contributed by atoms with van der Waals surface area (Å²) in [4.78, 5) is 0. The number of hydrogen-bond acceptors (Lipinski definition) is 3. The van der Waals surface area contributed by atoms with Gasteiger partial charge in [-0.25, -0.2) is 0 Å². The van der Waals surface area contributed by atoms with Crippen LogP contribution in [0, 0.1) is 20.8 Å². The normalized spacial score (nSPS) is 11.0. The average molecular weight is 417 g/mol. The van der Waals surface area contributed by atoms with E-state index in [0.717, 1.165) is 45.2 Å². The van der Waals surface area contributed by atoms with Gasteiger partial charge in [0.05, 0.1) is 5.69 Å². The third-order valence-corrected chi connectivity index (χ3v) is 5.67. The molecule has 2 heterocycles. The van der Waals surface area contributed by atoms with E-state index in [1.807, 2.05) is 12.1 Å². The predicted octanol–water partition coefficient (Wildman–Crippen LogP) is 7.66. The number of nitrogens with zero attached hydrogens (tertiary/aromatic N) is 2.